The number of hydrogen-bond donors (Lipinski definition) is 1. The SMILES string of the molecule is CC(C)N1CC2CCC(C1)C21NC(=O)N(CCN(C)C)C1=O. The summed E-state index contributed by atoms with van der Waals surface area (Å²) in [5, 5.41) is 3.11. The Bertz CT molecular complexity index is 463. The highest BCUT2D eigenvalue weighted by Gasteiger charge is 2.64. The second kappa shape index (κ2) is 5.49. The van der Waals surface area contributed by atoms with Gasteiger partial charge in [-0.3, -0.25) is 9.69 Å². The average molecular weight is 308 g/mol. The fourth-order valence-corrected chi connectivity index (χ4v) is 4.39. The number of rotatable bonds is 4. The molecule has 0 aromatic heterocycles. The molecule has 2 bridgehead atoms. The number of hydrogen-bond acceptors (Lipinski definition) is 4. The van der Waals surface area contributed by atoms with Crippen molar-refractivity contribution in [2.24, 2.45) is 11.8 Å². The standard InChI is InChI=1S/C16H28N4O2/c1-11(2)19-9-12-5-6-13(10-19)16(12)14(21)20(15(22)17-16)8-7-18(3)4/h11-13H,5-10H2,1-4H3,(H,17,22). The summed E-state index contributed by atoms with van der Waals surface area (Å²) in [5.74, 6) is 0.541. The van der Waals surface area contributed by atoms with E-state index in [0.29, 0.717) is 19.1 Å². The molecule has 2 saturated heterocycles. The van der Waals surface area contributed by atoms with E-state index in [2.05, 4.69) is 24.1 Å². The smallest absolute Gasteiger partial charge is 0.322 e. The number of imide groups is 1. The van der Waals surface area contributed by atoms with Gasteiger partial charge in [0.05, 0.1) is 0 Å². The van der Waals surface area contributed by atoms with E-state index >= 15 is 0 Å². The van der Waals surface area contributed by atoms with Gasteiger partial charge in [0.2, 0.25) is 0 Å². The molecule has 2 aliphatic heterocycles. The van der Waals surface area contributed by atoms with Crippen molar-refractivity contribution in [1.29, 1.82) is 0 Å². The summed E-state index contributed by atoms with van der Waals surface area (Å²) in [6.07, 6.45) is 2.09. The number of likely N-dealkylation sites (N-methyl/N-ethyl adjacent to an activating group) is 1. The van der Waals surface area contributed by atoms with Gasteiger partial charge in [0.1, 0.15) is 5.54 Å². The number of carbonyl (C=O) groups is 2. The summed E-state index contributed by atoms with van der Waals surface area (Å²) in [6.45, 7) is 7.44. The van der Waals surface area contributed by atoms with Crippen LogP contribution in [0, 0.1) is 11.8 Å². The van der Waals surface area contributed by atoms with Crippen LogP contribution in [0.1, 0.15) is 26.7 Å². The molecule has 1 N–H and O–H groups in total. The van der Waals surface area contributed by atoms with E-state index in [4.69, 9.17) is 0 Å². The Morgan fingerprint density at radius 3 is 2.32 bits per heavy atom. The van der Waals surface area contributed by atoms with Crippen LogP contribution in [-0.2, 0) is 4.79 Å². The lowest BCUT2D eigenvalue weighted by molar-refractivity contribution is -0.136. The van der Waals surface area contributed by atoms with Crippen LogP contribution in [0.15, 0.2) is 0 Å². The van der Waals surface area contributed by atoms with Gasteiger partial charge < -0.3 is 15.1 Å². The predicted octanol–water partition coefficient (Wildman–Crippen LogP) is 0.589. The third-order valence-electron chi connectivity index (χ3n) is 5.72. The lowest BCUT2D eigenvalue weighted by Gasteiger charge is -2.45. The van der Waals surface area contributed by atoms with Crippen LogP contribution in [0.5, 0.6) is 0 Å². The predicted molar refractivity (Wildman–Crippen MR) is 84.5 cm³/mol. The van der Waals surface area contributed by atoms with Crippen molar-refractivity contribution < 1.29 is 9.59 Å². The maximum Gasteiger partial charge on any atom is 0.325 e. The highest BCUT2D eigenvalue weighted by molar-refractivity contribution is 6.07. The molecule has 0 aromatic carbocycles. The Balaban J connectivity index is 1.80. The van der Waals surface area contributed by atoms with E-state index in [-0.39, 0.29) is 23.8 Å². The third kappa shape index (κ3) is 2.24. The minimum Gasteiger partial charge on any atom is -0.322 e. The quantitative estimate of drug-likeness (QED) is 0.772. The van der Waals surface area contributed by atoms with Gasteiger partial charge in [0, 0.05) is 44.1 Å². The minimum absolute atomic E-state index is 0.0234. The molecule has 6 nitrogen and oxygen atoms in total. The monoisotopic (exact) mass is 308 g/mol. The minimum atomic E-state index is -0.616. The highest BCUT2D eigenvalue weighted by atomic mass is 16.2. The summed E-state index contributed by atoms with van der Waals surface area (Å²) < 4.78 is 0. The van der Waals surface area contributed by atoms with Crippen LogP contribution < -0.4 is 5.32 Å². The first-order chi connectivity index (χ1) is 10.4. The Morgan fingerprint density at radius 2 is 1.82 bits per heavy atom. The molecule has 124 valence electrons. The first kappa shape index (κ1) is 15.7. The first-order valence-corrected chi connectivity index (χ1v) is 8.39. The van der Waals surface area contributed by atoms with E-state index in [1.165, 1.54) is 4.90 Å². The Labute approximate surface area is 132 Å². The molecule has 1 aliphatic carbocycles. The number of carbonyl (C=O) groups excluding carboxylic acids is 2. The second-order valence-electron chi connectivity index (χ2n) is 7.58. The zero-order valence-corrected chi connectivity index (χ0v) is 14.1. The van der Waals surface area contributed by atoms with Crippen molar-refractivity contribution in [3.8, 4) is 0 Å². The molecular formula is C16H28N4O2. The summed E-state index contributed by atoms with van der Waals surface area (Å²) in [4.78, 5) is 31.3. The van der Waals surface area contributed by atoms with Crippen molar-refractivity contribution >= 4 is 11.9 Å². The van der Waals surface area contributed by atoms with Gasteiger partial charge >= 0.3 is 6.03 Å². The van der Waals surface area contributed by atoms with Crippen LogP contribution >= 0.6 is 0 Å². The Kier molecular flexibility index (Phi) is 3.93. The van der Waals surface area contributed by atoms with Crippen molar-refractivity contribution in [3.63, 3.8) is 0 Å². The Hall–Kier alpha value is -1.14. The van der Waals surface area contributed by atoms with Crippen LogP contribution in [-0.4, -0.2) is 78.5 Å². The first-order valence-electron chi connectivity index (χ1n) is 8.39. The molecule has 1 spiro atoms. The molecule has 3 aliphatic rings. The van der Waals surface area contributed by atoms with Crippen molar-refractivity contribution in [1.82, 2.24) is 20.0 Å². The molecule has 2 atom stereocenters. The van der Waals surface area contributed by atoms with Gasteiger partial charge in [-0.2, -0.15) is 0 Å². The number of likely N-dealkylation sites (tertiary alicyclic amines) is 1. The average Bonchev–Trinajstić information content (AvgIpc) is 2.78. The molecule has 3 amide bonds. The van der Waals surface area contributed by atoms with Gasteiger partial charge in [-0.25, -0.2) is 4.79 Å². The second-order valence-corrected chi connectivity index (χ2v) is 7.58. The summed E-state index contributed by atoms with van der Waals surface area (Å²) in [7, 11) is 3.91. The van der Waals surface area contributed by atoms with Gasteiger partial charge in [0.15, 0.2) is 0 Å². The summed E-state index contributed by atoms with van der Waals surface area (Å²) in [6, 6.07) is 0.305. The normalized spacial score (nSPS) is 35.3. The van der Waals surface area contributed by atoms with Crippen molar-refractivity contribution in [3.05, 3.63) is 0 Å². The number of nitrogens with one attached hydrogen (secondary N) is 1. The van der Waals surface area contributed by atoms with E-state index in [0.717, 1.165) is 25.9 Å². The molecular weight excluding hydrogens is 280 g/mol. The molecule has 6 heteroatoms. The molecule has 22 heavy (non-hydrogen) atoms. The number of amides is 3. The van der Waals surface area contributed by atoms with Crippen molar-refractivity contribution in [2.45, 2.75) is 38.3 Å². The molecule has 0 aromatic rings. The fraction of sp³-hybridized carbons (Fsp3) is 0.875. The largest absolute Gasteiger partial charge is 0.325 e. The van der Waals surface area contributed by atoms with E-state index in [1.807, 2.05) is 19.0 Å². The van der Waals surface area contributed by atoms with Gasteiger partial charge in [-0.05, 0) is 40.8 Å². The van der Waals surface area contributed by atoms with Gasteiger partial charge in [0.25, 0.3) is 5.91 Å². The molecule has 3 rings (SSSR count). The zero-order chi connectivity index (χ0) is 16.1. The van der Waals surface area contributed by atoms with E-state index in [1.54, 1.807) is 0 Å². The zero-order valence-electron chi connectivity index (χ0n) is 14.1. The lowest BCUT2D eigenvalue weighted by atomic mass is 9.76. The van der Waals surface area contributed by atoms with Crippen LogP contribution in [0.25, 0.3) is 0 Å². The Morgan fingerprint density at radius 1 is 1.23 bits per heavy atom. The summed E-state index contributed by atoms with van der Waals surface area (Å²) >= 11 is 0. The molecule has 3 fully saturated rings. The number of nitrogens with zero attached hydrogens (tertiary/aromatic N) is 3. The maximum absolute atomic E-state index is 13.0. The van der Waals surface area contributed by atoms with E-state index < -0.39 is 5.54 Å². The summed E-state index contributed by atoms with van der Waals surface area (Å²) in [5.41, 5.74) is -0.616. The van der Waals surface area contributed by atoms with Crippen molar-refractivity contribution in [2.75, 3.05) is 40.3 Å². The highest BCUT2D eigenvalue weighted by Crippen LogP contribution is 2.48. The van der Waals surface area contributed by atoms with E-state index in [9.17, 15) is 9.59 Å². The lowest BCUT2D eigenvalue weighted by Crippen LogP contribution is -2.64. The van der Waals surface area contributed by atoms with Gasteiger partial charge in [-0.15, -0.1) is 0 Å². The van der Waals surface area contributed by atoms with Crippen LogP contribution in [0.4, 0.5) is 4.79 Å². The molecule has 2 heterocycles. The maximum atomic E-state index is 13.0. The van der Waals surface area contributed by atoms with Crippen LogP contribution in [0.3, 0.4) is 0 Å². The molecule has 0 radical (unpaired) electrons. The molecule has 1 saturated carbocycles. The fourth-order valence-electron chi connectivity index (χ4n) is 4.39. The third-order valence-corrected chi connectivity index (χ3v) is 5.72. The molecule has 2 unspecified atom stereocenters. The number of urea groups is 1. The number of piperidine rings is 1. The van der Waals surface area contributed by atoms with Gasteiger partial charge in [-0.1, -0.05) is 0 Å². The van der Waals surface area contributed by atoms with Crippen LogP contribution in [0.2, 0.25) is 0 Å². The topological polar surface area (TPSA) is 55.9 Å².